The Bertz CT molecular complexity index is 718. The van der Waals surface area contributed by atoms with E-state index >= 15 is 0 Å². The Morgan fingerprint density at radius 1 is 1.41 bits per heavy atom. The molecular formula is C20H31N3O2S2. The second kappa shape index (κ2) is 7.23. The lowest BCUT2D eigenvalue weighted by Gasteiger charge is -2.53. The number of aromatic nitrogens is 1. The fraction of sp³-hybridized carbons (Fsp3) is 0.800. The molecule has 3 N–H and O–H groups in total. The van der Waals surface area contributed by atoms with E-state index in [-0.39, 0.29) is 35.0 Å². The quantitative estimate of drug-likeness (QED) is 0.785. The lowest BCUT2D eigenvalue weighted by molar-refractivity contribution is -0.144. The zero-order valence-corrected chi connectivity index (χ0v) is 18.1. The maximum absolute atomic E-state index is 13.0. The Morgan fingerprint density at radius 3 is 2.81 bits per heavy atom. The Kier molecular flexibility index (Phi) is 5.23. The van der Waals surface area contributed by atoms with E-state index in [4.69, 9.17) is 5.73 Å². The van der Waals surface area contributed by atoms with Crippen molar-refractivity contribution in [3.8, 4) is 0 Å². The predicted molar refractivity (Wildman–Crippen MR) is 112 cm³/mol. The molecule has 0 radical (unpaired) electrons. The fourth-order valence-corrected chi connectivity index (χ4v) is 7.86. The smallest absolute Gasteiger partial charge is 0.225 e. The number of aliphatic hydroxyl groups is 1. The summed E-state index contributed by atoms with van der Waals surface area (Å²) in [5.41, 5.74) is 7.12. The average molecular weight is 410 g/mol. The van der Waals surface area contributed by atoms with Crippen molar-refractivity contribution in [2.45, 2.75) is 52.1 Å². The third-order valence-electron chi connectivity index (χ3n) is 7.29. The highest BCUT2D eigenvalue weighted by molar-refractivity contribution is 7.99. The molecule has 6 unspecified atom stereocenters. The summed E-state index contributed by atoms with van der Waals surface area (Å²) in [6, 6.07) is 0. The number of hydrogen-bond donors (Lipinski definition) is 2. The summed E-state index contributed by atoms with van der Waals surface area (Å²) >= 11 is 3.52. The van der Waals surface area contributed by atoms with Crippen LogP contribution >= 0.6 is 23.1 Å². The molecule has 1 amide bonds. The molecule has 1 saturated carbocycles. The Labute approximate surface area is 170 Å². The van der Waals surface area contributed by atoms with E-state index in [2.05, 4.69) is 18.8 Å². The number of anilines is 1. The van der Waals surface area contributed by atoms with Crippen LogP contribution in [0.15, 0.2) is 0 Å². The monoisotopic (exact) mass is 409 g/mol. The van der Waals surface area contributed by atoms with E-state index in [1.165, 1.54) is 4.88 Å². The number of carbonyl (C=O) groups excluding carboxylic acids is 1. The van der Waals surface area contributed by atoms with Crippen molar-refractivity contribution in [3.63, 3.8) is 0 Å². The van der Waals surface area contributed by atoms with Crippen LogP contribution in [0.25, 0.3) is 0 Å². The number of amides is 1. The summed E-state index contributed by atoms with van der Waals surface area (Å²) in [7, 11) is 0. The molecule has 1 aliphatic heterocycles. The zero-order valence-electron chi connectivity index (χ0n) is 16.5. The van der Waals surface area contributed by atoms with Crippen LogP contribution in [0.2, 0.25) is 0 Å². The van der Waals surface area contributed by atoms with Crippen molar-refractivity contribution >= 4 is 34.1 Å². The molecule has 150 valence electrons. The standard InChI is InChI=1S/C20H31N3O2S2/c1-11(18(25)23-6-8-26-9-7-23)13-4-5-20(3)10-14-16(22-19(21)27-14)12(2)15(20)17(13)24/h11-13,15,17,24H,4-10H2,1-3H3,(H2,21,22). The highest BCUT2D eigenvalue weighted by Crippen LogP contribution is 2.57. The number of nitrogens with zero attached hydrogens (tertiary/aromatic N) is 2. The number of carbonyl (C=O) groups is 1. The molecular weight excluding hydrogens is 378 g/mol. The number of hydrogen-bond acceptors (Lipinski definition) is 6. The first-order valence-electron chi connectivity index (χ1n) is 10.1. The van der Waals surface area contributed by atoms with E-state index in [0.717, 1.165) is 49.6 Å². The van der Waals surface area contributed by atoms with Crippen LogP contribution < -0.4 is 5.73 Å². The molecule has 2 heterocycles. The van der Waals surface area contributed by atoms with Gasteiger partial charge < -0.3 is 15.7 Å². The van der Waals surface area contributed by atoms with Crippen LogP contribution in [0.1, 0.15) is 50.1 Å². The van der Waals surface area contributed by atoms with Crippen LogP contribution in [0.4, 0.5) is 5.13 Å². The van der Waals surface area contributed by atoms with Gasteiger partial charge in [-0.3, -0.25) is 4.79 Å². The van der Waals surface area contributed by atoms with Gasteiger partial charge >= 0.3 is 0 Å². The molecule has 0 bridgehead atoms. The minimum atomic E-state index is -0.465. The maximum Gasteiger partial charge on any atom is 0.225 e. The van der Waals surface area contributed by atoms with E-state index < -0.39 is 6.10 Å². The van der Waals surface area contributed by atoms with Crippen LogP contribution in [-0.4, -0.2) is 51.6 Å². The summed E-state index contributed by atoms with van der Waals surface area (Å²) in [6.45, 7) is 8.20. The van der Waals surface area contributed by atoms with E-state index in [0.29, 0.717) is 5.13 Å². The third kappa shape index (κ3) is 3.29. The third-order valence-corrected chi connectivity index (χ3v) is 9.14. The van der Waals surface area contributed by atoms with Crippen LogP contribution in [-0.2, 0) is 11.2 Å². The first kappa shape index (κ1) is 19.5. The molecule has 2 fully saturated rings. The molecule has 1 aromatic rings. The number of thiazole rings is 1. The summed E-state index contributed by atoms with van der Waals surface area (Å²) < 4.78 is 0. The number of aliphatic hydroxyl groups excluding tert-OH is 1. The Balaban J connectivity index is 1.56. The minimum absolute atomic E-state index is 0.0325. The maximum atomic E-state index is 13.0. The lowest BCUT2D eigenvalue weighted by atomic mass is 9.53. The van der Waals surface area contributed by atoms with Gasteiger partial charge in [-0.25, -0.2) is 4.98 Å². The molecule has 0 aromatic carbocycles. The molecule has 6 atom stereocenters. The van der Waals surface area contributed by atoms with Gasteiger partial charge in [0, 0.05) is 41.3 Å². The van der Waals surface area contributed by atoms with Crippen LogP contribution in [0, 0.1) is 23.2 Å². The molecule has 4 rings (SSSR count). The van der Waals surface area contributed by atoms with Gasteiger partial charge in [-0.05, 0) is 36.5 Å². The van der Waals surface area contributed by atoms with E-state index in [9.17, 15) is 9.90 Å². The molecule has 0 spiro atoms. The molecule has 7 heteroatoms. The second-order valence-corrected chi connectivity index (χ2v) is 11.3. The van der Waals surface area contributed by atoms with Crippen molar-refractivity contribution in [1.29, 1.82) is 0 Å². The summed E-state index contributed by atoms with van der Waals surface area (Å²) in [6.07, 6.45) is 2.45. The van der Waals surface area contributed by atoms with Gasteiger partial charge in [0.1, 0.15) is 0 Å². The Hall–Kier alpha value is -0.790. The first-order chi connectivity index (χ1) is 12.8. The second-order valence-electron chi connectivity index (χ2n) is 8.93. The van der Waals surface area contributed by atoms with Gasteiger partial charge in [-0.1, -0.05) is 20.8 Å². The van der Waals surface area contributed by atoms with Crippen LogP contribution in [0.3, 0.4) is 0 Å². The molecule has 5 nitrogen and oxygen atoms in total. The number of rotatable bonds is 2. The van der Waals surface area contributed by atoms with Gasteiger partial charge in [0.05, 0.1) is 11.8 Å². The predicted octanol–water partition coefficient (Wildman–Crippen LogP) is 2.99. The fourth-order valence-electron chi connectivity index (χ4n) is 5.82. The summed E-state index contributed by atoms with van der Waals surface area (Å²) in [5.74, 6) is 2.50. The number of fused-ring (bicyclic) bond motifs is 2. The van der Waals surface area contributed by atoms with Crippen molar-refractivity contribution in [2.24, 2.45) is 23.2 Å². The minimum Gasteiger partial charge on any atom is -0.392 e. The average Bonchev–Trinajstić information content (AvgIpc) is 3.01. The Morgan fingerprint density at radius 2 is 2.11 bits per heavy atom. The molecule has 27 heavy (non-hydrogen) atoms. The highest BCUT2D eigenvalue weighted by atomic mass is 32.2. The number of nitrogen functional groups attached to an aromatic ring is 1. The van der Waals surface area contributed by atoms with Gasteiger partial charge in [0.25, 0.3) is 0 Å². The molecule has 1 aromatic heterocycles. The first-order valence-corrected chi connectivity index (χ1v) is 12.1. The normalized spacial score (nSPS) is 37.4. The SMILES string of the molecule is CC(C(=O)N1CCSCC1)C1CCC2(C)Cc3sc(N)nc3C(C)C2C1O. The van der Waals surface area contributed by atoms with Gasteiger partial charge in [-0.15, -0.1) is 11.3 Å². The summed E-state index contributed by atoms with van der Waals surface area (Å²) in [4.78, 5) is 20.9. The zero-order chi connectivity index (χ0) is 19.3. The van der Waals surface area contributed by atoms with E-state index in [1.807, 2.05) is 23.6 Å². The van der Waals surface area contributed by atoms with Crippen molar-refractivity contribution in [1.82, 2.24) is 9.88 Å². The van der Waals surface area contributed by atoms with Gasteiger partial charge in [0.2, 0.25) is 5.91 Å². The number of nitrogens with two attached hydrogens (primary N) is 1. The largest absolute Gasteiger partial charge is 0.392 e. The molecule has 2 aliphatic carbocycles. The molecule has 1 saturated heterocycles. The van der Waals surface area contributed by atoms with Crippen molar-refractivity contribution in [3.05, 3.63) is 10.6 Å². The van der Waals surface area contributed by atoms with Crippen molar-refractivity contribution < 1.29 is 9.90 Å². The summed E-state index contributed by atoms with van der Waals surface area (Å²) in [5, 5.41) is 12.1. The number of thioether (sulfide) groups is 1. The van der Waals surface area contributed by atoms with Gasteiger partial charge in [0.15, 0.2) is 5.13 Å². The topological polar surface area (TPSA) is 79.5 Å². The highest BCUT2D eigenvalue weighted by Gasteiger charge is 2.54. The molecule has 3 aliphatic rings. The van der Waals surface area contributed by atoms with Crippen molar-refractivity contribution in [2.75, 3.05) is 30.3 Å². The van der Waals surface area contributed by atoms with Gasteiger partial charge in [-0.2, -0.15) is 11.8 Å². The van der Waals surface area contributed by atoms with E-state index in [1.54, 1.807) is 11.3 Å². The lowest BCUT2D eigenvalue weighted by Crippen LogP contribution is -2.54. The van der Waals surface area contributed by atoms with Crippen LogP contribution in [0.5, 0.6) is 0 Å².